The number of nitrogens with two attached hydrogens (primary N) is 1. The van der Waals surface area contributed by atoms with Gasteiger partial charge in [-0.05, 0) is 80.8 Å². The highest BCUT2D eigenvalue weighted by atomic mass is 16.5. The maximum atomic E-state index is 10.8. The van der Waals surface area contributed by atoms with Crippen LogP contribution in [-0.4, -0.2) is 23.2 Å². The lowest BCUT2D eigenvalue weighted by molar-refractivity contribution is -0.119. The molecule has 0 bridgehead atoms. The smallest absolute Gasteiger partial charge is 0.255 e. The number of carbonyl (C=O) groups excluding carboxylic acids is 1. The number of fused-ring (bicyclic) bond motifs is 1. The molecule has 0 aliphatic carbocycles. The van der Waals surface area contributed by atoms with E-state index in [0.29, 0.717) is 11.6 Å². The fourth-order valence-electron chi connectivity index (χ4n) is 3.05. The lowest BCUT2D eigenvalue weighted by Crippen LogP contribution is -2.20. The molecule has 0 radical (unpaired) electrons. The zero-order valence-corrected chi connectivity index (χ0v) is 16.5. The molecule has 0 saturated heterocycles. The van der Waals surface area contributed by atoms with E-state index in [4.69, 9.17) is 15.5 Å². The summed E-state index contributed by atoms with van der Waals surface area (Å²) >= 11 is 0. The van der Waals surface area contributed by atoms with Crippen LogP contribution in [-0.2, 0) is 4.79 Å². The number of anilines is 1. The fourth-order valence-corrected chi connectivity index (χ4v) is 3.05. The molecule has 0 unspecified atom stereocenters. The van der Waals surface area contributed by atoms with Crippen molar-refractivity contribution in [1.82, 2.24) is 4.98 Å². The molecule has 144 valence electrons. The third-order valence-corrected chi connectivity index (χ3v) is 4.45. The lowest BCUT2D eigenvalue weighted by Gasteiger charge is -2.10. The van der Waals surface area contributed by atoms with Crippen LogP contribution in [0.5, 0.6) is 5.75 Å². The summed E-state index contributed by atoms with van der Waals surface area (Å²) in [7, 11) is 0. The molecular weight excluding hydrogens is 352 g/mol. The Labute approximate surface area is 164 Å². The first-order valence-corrected chi connectivity index (χ1v) is 9.04. The number of pyridine rings is 1. The predicted molar refractivity (Wildman–Crippen MR) is 113 cm³/mol. The van der Waals surface area contributed by atoms with Crippen molar-refractivity contribution >= 4 is 28.3 Å². The van der Waals surface area contributed by atoms with Crippen molar-refractivity contribution in [2.45, 2.75) is 27.7 Å². The number of carbonyl (C=O) groups is 1. The number of ether oxygens (including phenoxy) is 1. The minimum absolute atomic E-state index is 0.139. The summed E-state index contributed by atoms with van der Waals surface area (Å²) in [4.78, 5) is 15.5. The van der Waals surface area contributed by atoms with Crippen LogP contribution in [0.4, 0.5) is 5.82 Å². The van der Waals surface area contributed by atoms with Crippen LogP contribution in [0, 0.1) is 20.8 Å². The average molecular weight is 376 g/mol. The number of nitrogens with zero attached hydrogens (tertiary/aromatic N) is 2. The molecule has 0 atom stereocenters. The fraction of sp³-hybridized carbons (Fsp3) is 0.227. The van der Waals surface area contributed by atoms with Gasteiger partial charge >= 0.3 is 0 Å². The molecule has 0 aliphatic rings. The van der Waals surface area contributed by atoms with Crippen molar-refractivity contribution in [3.63, 3.8) is 0 Å². The first-order chi connectivity index (χ1) is 13.3. The summed E-state index contributed by atoms with van der Waals surface area (Å²) < 4.78 is 5.27. The number of amides is 1. The Morgan fingerprint density at radius 3 is 2.50 bits per heavy atom. The van der Waals surface area contributed by atoms with Crippen LogP contribution < -0.4 is 15.9 Å². The van der Waals surface area contributed by atoms with E-state index in [9.17, 15) is 4.79 Å². The largest absolute Gasteiger partial charge is 0.484 e. The number of benzene rings is 2. The Kier molecular flexibility index (Phi) is 5.59. The van der Waals surface area contributed by atoms with E-state index in [2.05, 4.69) is 43.4 Å². The molecule has 0 fully saturated rings. The minimum atomic E-state index is -0.505. The van der Waals surface area contributed by atoms with Gasteiger partial charge in [0.2, 0.25) is 0 Å². The van der Waals surface area contributed by atoms with Crippen molar-refractivity contribution < 1.29 is 9.53 Å². The van der Waals surface area contributed by atoms with Gasteiger partial charge in [-0.1, -0.05) is 11.6 Å². The maximum absolute atomic E-state index is 10.8. The van der Waals surface area contributed by atoms with Crippen molar-refractivity contribution in [3.05, 3.63) is 64.7 Å². The van der Waals surface area contributed by atoms with Gasteiger partial charge in [-0.3, -0.25) is 10.2 Å². The molecule has 3 aromatic rings. The first-order valence-electron chi connectivity index (χ1n) is 9.04. The third kappa shape index (κ3) is 4.46. The second-order valence-corrected chi connectivity index (χ2v) is 6.89. The monoisotopic (exact) mass is 376 g/mol. The van der Waals surface area contributed by atoms with Gasteiger partial charge in [-0.2, -0.15) is 5.10 Å². The first kappa shape index (κ1) is 19.4. The highest BCUT2D eigenvalue weighted by Crippen LogP contribution is 2.24. The molecule has 0 aliphatic heterocycles. The molecule has 0 saturated carbocycles. The zero-order valence-electron chi connectivity index (χ0n) is 16.5. The Bertz CT molecular complexity index is 1060. The van der Waals surface area contributed by atoms with E-state index >= 15 is 0 Å². The number of hydrogen-bond donors (Lipinski definition) is 2. The van der Waals surface area contributed by atoms with Gasteiger partial charge in [0.1, 0.15) is 11.6 Å². The topological polar surface area (TPSA) is 89.6 Å². The van der Waals surface area contributed by atoms with Crippen LogP contribution >= 0.6 is 0 Å². The molecule has 1 heterocycles. The predicted octanol–water partition coefficient (Wildman–Crippen LogP) is 3.86. The number of aromatic nitrogens is 1. The summed E-state index contributed by atoms with van der Waals surface area (Å²) in [6.45, 7) is 8.02. The Morgan fingerprint density at radius 2 is 1.82 bits per heavy atom. The Hall–Kier alpha value is -3.41. The summed E-state index contributed by atoms with van der Waals surface area (Å²) in [5.74, 6) is 0.785. The highest BCUT2D eigenvalue weighted by Gasteiger charge is 2.07. The van der Waals surface area contributed by atoms with Crippen molar-refractivity contribution in [1.29, 1.82) is 0 Å². The second kappa shape index (κ2) is 8.08. The standard InChI is InChI=1S/C22H24N4O2/c1-13-9-15(3)22-19(10-13)14(2)11-21(24-22)26-25-16(4)17-5-7-18(8-6-17)28-12-20(23)27/h5-11H,12H2,1-4H3,(H2,23,27)(H,24,26). The number of aryl methyl sites for hydroxylation is 3. The number of hydrogen-bond acceptors (Lipinski definition) is 5. The van der Waals surface area contributed by atoms with Crippen molar-refractivity contribution in [3.8, 4) is 5.75 Å². The van der Waals surface area contributed by atoms with E-state index in [1.165, 1.54) is 5.56 Å². The Balaban J connectivity index is 1.78. The van der Waals surface area contributed by atoms with Crippen LogP contribution in [0.15, 0.2) is 47.6 Å². The molecule has 0 spiro atoms. The normalized spacial score (nSPS) is 11.5. The van der Waals surface area contributed by atoms with Gasteiger partial charge in [-0.15, -0.1) is 0 Å². The average Bonchev–Trinajstić information content (AvgIpc) is 2.65. The van der Waals surface area contributed by atoms with Crippen LogP contribution in [0.3, 0.4) is 0 Å². The van der Waals surface area contributed by atoms with Crippen molar-refractivity contribution in [2.24, 2.45) is 10.8 Å². The lowest BCUT2D eigenvalue weighted by atomic mass is 10.0. The SMILES string of the molecule is CC(=NNc1cc(C)c2cc(C)cc(C)c2n1)c1ccc(OCC(N)=O)cc1. The maximum Gasteiger partial charge on any atom is 0.255 e. The van der Waals surface area contributed by atoms with E-state index < -0.39 is 5.91 Å². The number of primary amides is 1. The molecule has 3 N–H and O–H groups in total. The summed E-state index contributed by atoms with van der Waals surface area (Å²) in [5, 5.41) is 5.62. The molecular formula is C22H24N4O2. The molecule has 6 nitrogen and oxygen atoms in total. The van der Waals surface area contributed by atoms with Gasteiger partial charge in [0.15, 0.2) is 6.61 Å². The van der Waals surface area contributed by atoms with Gasteiger partial charge < -0.3 is 10.5 Å². The molecule has 2 aromatic carbocycles. The van der Waals surface area contributed by atoms with Gasteiger partial charge in [-0.25, -0.2) is 4.98 Å². The number of nitrogens with one attached hydrogen (secondary N) is 1. The molecule has 1 amide bonds. The van der Waals surface area contributed by atoms with E-state index in [1.807, 2.05) is 25.1 Å². The van der Waals surface area contributed by atoms with Crippen LogP contribution in [0.1, 0.15) is 29.2 Å². The Morgan fingerprint density at radius 1 is 1.11 bits per heavy atom. The van der Waals surface area contributed by atoms with Gasteiger partial charge in [0, 0.05) is 5.39 Å². The molecule has 1 aromatic heterocycles. The van der Waals surface area contributed by atoms with E-state index in [-0.39, 0.29) is 6.61 Å². The number of hydrazone groups is 1. The molecule has 6 heteroatoms. The highest BCUT2D eigenvalue weighted by molar-refractivity contribution is 5.99. The minimum Gasteiger partial charge on any atom is -0.484 e. The van der Waals surface area contributed by atoms with Gasteiger partial charge in [0.05, 0.1) is 11.2 Å². The van der Waals surface area contributed by atoms with Crippen LogP contribution in [0.25, 0.3) is 10.9 Å². The number of rotatable bonds is 6. The van der Waals surface area contributed by atoms with E-state index in [1.54, 1.807) is 12.1 Å². The van der Waals surface area contributed by atoms with Crippen LogP contribution in [0.2, 0.25) is 0 Å². The third-order valence-electron chi connectivity index (χ3n) is 4.45. The summed E-state index contributed by atoms with van der Waals surface area (Å²) in [6, 6.07) is 13.6. The summed E-state index contributed by atoms with van der Waals surface area (Å²) in [5.41, 5.74) is 14.4. The second-order valence-electron chi connectivity index (χ2n) is 6.89. The molecule has 3 rings (SSSR count). The molecule has 28 heavy (non-hydrogen) atoms. The van der Waals surface area contributed by atoms with Gasteiger partial charge in [0.25, 0.3) is 5.91 Å². The quantitative estimate of drug-likeness (QED) is 0.505. The zero-order chi connectivity index (χ0) is 20.3. The van der Waals surface area contributed by atoms with Crippen molar-refractivity contribution in [2.75, 3.05) is 12.0 Å². The summed E-state index contributed by atoms with van der Waals surface area (Å²) in [6.07, 6.45) is 0. The van der Waals surface area contributed by atoms with E-state index in [0.717, 1.165) is 33.3 Å².